The summed E-state index contributed by atoms with van der Waals surface area (Å²) in [5, 5.41) is 9.65. The van der Waals surface area contributed by atoms with Crippen molar-refractivity contribution in [3.05, 3.63) is 29.8 Å². The maximum absolute atomic E-state index is 12.2. The number of nitrogens with one attached hydrogen (secondary N) is 3. The molecule has 5 heteroatoms. The molecule has 0 aliphatic heterocycles. The van der Waals surface area contributed by atoms with E-state index >= 15 is 0 Å². The van der Waals surface area contributed by atoms with Gasteiger partial charge in [0.25, 0.3) is 0 Å². The minimum atomic E-state index is 0.159. The third-order valence-electron chi connectivity index (χ3n) is 4.28. The smallest absolute Gasteiger partial charge is 0.227 e. The van der Waals surface area contributed by atoms with Gasteiger partial charge in [-0.1, -0.05) is 38.8 Å². The lowest BCUT2D eigenvalue weighted by Gasteiger charge is -2.14. The summed E-state index contributed by atoms with van der Waals surface area (Å²) >= 11 is 0. The van der Waals surface area contributed by atoms with Gasteiger partial charge in [0.1, 0.15) is 0 Å². The van der Waals surface area contributed by atoms with Crippen LogP contribution in [0.25, 0.3) is 0 Å². The summed E-state index contributed by atoms with van der Waals surface area (Å²) in [6, 6.07) is 8.00. The summed E-state index contributed by atoms with van der Waals surface area (Å²) in [5.74, 6) is 1.71. The maximum atomic E-state index is 12.2. The Hall–Kier alpha value is -2.04. The van der Waals surface area contributed by atoms with Gasteiger partial charge >= 0.3 is 0 Å². The molecule has 0 radical (unpaired) electrons. The fraction of sp³-hybridized carbons (Fsp3) is 0.579. The molecule has 132 valence electrons. The topological polar surface area (TPSA) is 65.5 Å². The Bertz CT molecular complexity index is 562. The second-order valence-electron chi connectivity index (χ2n) is 6.87. The van der Waals surface area contributed by atoms with E-state index in [2.05, 4.69) is 34.8 Å². The van der Waals surface area contributed by atoms with Crippen LogP contribution >= 0.6 is 0 Å². The molecule has 1 aliphatic rings. The third kappa shape index (κ3) is 5.87. The van der Waals surface area contributed by atoms with Crippen LogP contribution in [-0.4, -0.2) is 25.5 Å². The monoisotopic (exact) mass is 330 g/mol. The van der Waals surface area contributed by atoms with Crippen molar-refractivity contribution < 1.29 is 4.79 Å². The second kappa shape index (κ2) is 9.30. The first-order chi connectivity index (χ1) is 11.6. The molecule has 0 aromatic heterocycles. The van der Waals surface area contributed by atoms with E-state index in [0.717, 1.165) is 36.6 Å². The Morgan fingerprint density at radius 2 is 2.00 bits per heavy atom. The Morgan fingerprint density at radius 3 is 2.67 bits per heavy atom. The number of hydrogen-bond donors (Lipinski definition) is 3. The summed E-state index contributed by atoms with van der Waals surface area (Å²) in [5.41, 5.74) is 1.99. The zero-order chi connectivity index (χ0) is 17.4. The number of hydrogen-bond acceptors (Lipinski definition) is 2. The number of benzene rings is 1. The van der Waals surface area contributed by atoms with Gasteiger partial charge in [0.2, 0.25) is 5.91 Å². The van der Waals surface area contributed by atoms with E-state index in [9.17, 15) is 4.79 Å². The molecule has 1 aliphatic carbocycles. The van der Waals surface area contributed by atoms with Crippen LogP contribution in [0.5, 0.6) is 0 Å². The van der Waals surface area contributed by atoms with Gasteiger partial charge in [-0.2, -0.15) is 0 Å². The van der Waals surface area contributed by atoms with Gasteiger partial charge in [-0.05, 0) is 36.5 Å². The minimum Gasteiger partial charge on any atom is -0.356 e. The SMILES string of the molecule is CN=C(NCc1cccc(NC(=O)C2CCCC2)c1)NCC(C)C. The maximum Gasteiger partial charge on any atom is 0.227 e. The lowest BCUT2D eigenvalue weighted by atomic mass is 10.1. The number of anilines is 1. The molecule has 0 heterocycles. The fourth-order valence-corrected chi connectivity index (χ4v) is 2.90. The molecule has 0 atom stereocenters. The van der Waals surface area contributed by atoms with Crippen LogP contribution < -0.4 is 16.0 Å². The van der Waals surface area contributed by atoms with Crippen LogP contribution in [0.1, 0.15) is 45.1 Å². The molecule has 1 fully saturated rings. The van der Waals surface area contributed by atoms with Crippen LogP contribution in [0.3, 0.4) is 0 Å². The lowest BCUT2D eigenvalue weighted by molar-refractivity contribution is -0.119. The van der Waals surface area contributed by atoms with Crippen molar-refractivity contribution in [2.24, 2.45) is 16.8 Å². The number of guanidine groups is 1. The zero-order valence-corrected chi connectivity index (χ0v) is 15.1. The van der Waals surface area contributed by atoms with Crippen LogP contribution in [0.2, 0.25) is 0 Å². The molecule has 3 N–H and O–H groups in total. The van der Waals surface area contributed by atoms with Crippen LogP contribution in [-0.2, 0) is 11.3 Å². The van der Waals surface area contributed by atoms with Gasteiger partial charge < -0.3 is 16.0 Å². The van der Waals surface area contributed by atoms with E-state index < -0.39 is 0 Å². The molecular weight excluding hydrogens is 300 g/mol. The van der Waals surface area contributed by atoms with Crippen molar-refractivity contribution in [3.8, 4) is 0 Å². The molecule has 5 nitrogen and oxygen atoms in total. The largest absolute Gasteiger partial charge is 0.356 e. The molecular formula is C19H30N4O. The van der Waals surface area contributed by atoms with Gasteiger partial charge in [-0.15, -0.1) is 0 Å². The normalized spacial score (nSPS) is 15.6. The average molecular weight is 330 g/mol. The average Bonchev–Trinajstić information content (AvgIpc) is 3.10. The van der Waals surface area contributed by atoms with Gasteiger partial charge in [0.05, 0.1) is 0 Å². The number of rotatable bonds is 6. The van der Waals surface area contributed by atoms with E-state index in [4.69, 9.17) is 0 Å². The molecule has 1 aromatic rings. The zero-order valence-electron chi connectivity index (χ0n) is 15.1. The van der Waals surface area contributed by atoms with Crippen molar-refractivity contribution in [2.75, 3.05) is 18.9 Å². The summed E-state index contributed by atoms with van der Waals surface area (Å²) in [6.07, 6.45) is 4.38. The first kappa shape index (κ1) is 18.3. The molecule has 24 heavy (non-hydrogen) atoms. The third-order valence-corrected chi connectivity index (χ3v) is 4.28. The fourth-order valence-electron chi connectivity index (χ4n) is 2.90. The Labute approximate surface area is 145 Å². The van der Waals surface area contributed by atoms with Gasteiger partial charge in [-0.3, -0.25) is 9.79 Å². The van der Waals surface area contributed by atoms with Gasteiger partial charge in [-0.25, -0.2) is 0 Å². The van der Waals surface area contributed by atoms with E-state index in [1.807, 2.05) is 24.3 Å². The van der Waals surface area contributed by atoms with Crippen molar-refractivity contribution >= 4 is 17.6 Å². The second-order valence-corrected chi connectivity index (χ2v) is 6.87. The number of carbonyl (C=O) groups is 1. The number of nitrogens with zero attached hydrogens (tertiary/aromatic N) is 1. The van der Waals surface area contributed by atoms with Crippen LogP contribution in [0.15, 0.2) is 29.3 Å². The van der Waals surface area contributed by atoms with E-state index in [-0.39, 0.29) is 11.8 Å². The summed E-state index contributed by atoms with van der Waals surface area (Å²) in [4.78, 5) is 16.5. The predicted octanol–water partition coefficient (Wildman–Crippen LogP) is 3.14. The highest BCUT2D eigenvalue weighted by Gasteiger charge is 2.22. The Morgan fingerprint density at radius 1 is 1.25 bits per heavy atom. The van der Waals surface area contributed by atoms with E-state index in [1.54, 1.807) is 7.05 Å². The molecule has 0 saturated heterocycles. The number of aliphatic imine (C=N–C) groups is 1. The van der Waals surface area contributed by atoms with E-state index in [0.29, 0.717) is 12.5 Å². The van der Waals surface area contributed by atoms with Crippen LogP contribution in [0, 0.1) is 11.8 Å². The highest BCUT2D eigenvalue weighted by Crippen LogP contribution is 2.26. The summed E-state index contributed by atoms with van der Waals surface area (Å²) < 4.78 is 0. The number of amides is 1. The molecule has 0 unspecified atom stereocenters. The molecule has 0 bridgehead atoms. The van der Waals surface area contributed by atoms with Gasteiger partial charge in [0.15, 0.2) is 5.96 Å². The predicted molar refractivity (Wildman–Crippen MR) is 100 cm³/mol. The van der Waals surface area contributed by atoms with Crippen molar-refractivity contribution in [2.45, 2.75) is 46.1 Å². The van der Waals surface area contributed by atoms with Crippen molar-refractivity contribution in [1.29, 1.82) is 0 Å². The van der Waals surface area contributed by atoms with Crippen molar-refractivity contribution in [3.63, 3.8) is 0 Å². The molecule has 1 saturated carbocycles. The highest BCUT2D eigenvalue weighted by atomic mass is 16.1. The molecule has 1 amide bonds. The Balaban J connectivity index is 1.86. The molecule has 0 spiro atoms. The highest BCUT2D eigenvalue weighted by molar-refractivity contribution is 5.92. The lowest BCUT2D eigenvalue weighted by Crippen LogP contribution is -2.38. The van der Waals surface area contributed by atoms with Crippen LogP contribution in [0.4, 0.5) is 5.69 Å². The summed E-state index contributed by atoms with van der Waals surface area (Å²) in [7, 11) is 1.77. The van der Waals surface area contributed by atoms with Gasteiger partial charge in [0, 0.05) is 31.7 Å². The molecule has 2 rings (SSSR count). The van der Waals surface area contributed by atoms with E-state index in [1.165, 1.54) is 12.8 Å². The Kier molecular flexibility index (Phi) is 7.09. The minimum absolute atomic E-state index is 0.159. The summed E-state index contributed by atoms with van der Waals surface area (Å²) in [6.45, 7) is 5.88. The number of carbonyl (C=O) groups excluding carboxylic acids is 1. The molecule has 1 aromatic carbocycles. The first-order valence-corrected chi connectivity index (χ1v) is 8.93. The first-order valence-electron chi connectivity index (χ1n) is 8.93. The quantitative estimate of drug-likeness (QED) is 0.554. The van der Waals surface area contributed by atoms with Crippen molar-refractivity contribution in [1.82, 2.24) is 10.6 Å². The standard InChI is InChI=1S/C19H30N4O/c1-14(2)12-21-19(20-3)22-13-15-7-6-10-17(11-15)23-18(24)16-8-4-5-9-16/h6-7,10-11,14,16H,4-5,8-9,12-13H2,1-3H3,(H,23,24)(H2,20,21,22).